The van der Waals surface area contributed by atoms with Crippen LogP contribution in [0.15, 0.2) is 47.4 Å². The lowest BCUT2D eigenvalue weighted by molar-refractivity contribution is 0.0520. The monoisotopic (exact) mass is 444 g/mol. The molecule has 0 saturated carbocycles. The summed E-state index contributed by atoms with van der Waals surface area (Å²) in [6.45, 7) is 5.59. The number of ether oxygens (including phenoxy) is 2. The molecule has 7 nitrogen and oxygen atoms in total. The fourth-order valence-corrected chi connectivity index (χ4v) is 3.57. The smallest absolute Gasteiger partial charge is 0.407 e. The van der Waals surface area contributed by atoms with E-state index in [1.807, 2.05) is 0 Å². The first-order valence-corrected chi connectivity index (χ1v) is 10.5. The van der Waals surface area contributed by atoms with Gasteiger partial charge < -0.3 is 14.8 Å². The van der Waals surface area contributed by atoms with E-state index in [0.717, 1.165) is 6.07 Å². The highest BCUT2D eigenvalue weighted by Crippen LogP contribution is 2.25. The van der Waals surface area contributed by atoms with E-state index in [2.05, 4.69) is 10.0 Å². The van der Waals surface area contributed by atoms with Crippen molar-refractivity contribution in [2.24, 2.45) is 0 Å². The summed E-state index contributed by atoms with van der Waals surface area (Å²) in [7, 11) is -4.18. The first kappa shape index (κ1) is 22.8. The summed E-state index contributed by atoms with van der Waals surface area (Å²) in [5.74, 6) is -0.662. The Labute approximate surface area is 174 Å². The quantitative estimate of drug-likeness (QED) is 0.625. The van der Waals surface area contributed by atoms with Gasteiger partial charge in [0.2, 0.25) is 0 Å². The Morgan fingerprint density at radius 1 is 1.17 bits per heavy atom. The van der Waals surface area contributed by atoms with Gasteiger partial charge in [-0.3, -0.25) is 4.72 Å². The minimum atomic E-state index is -4.18. The molecule has 0 heterocycles. The van der Waals surface area contributed by atoms with Crippen LogP contribution in [0.2, 0.25) is 5.02 Å². The Hall–Kier alpha value is -2.52. The molecule has 2 aromatic carbocycles. The van der Waals surface area contributed by atoms with Gasteiger partial charge in [-0.15, -0.1) is 0 Å². The molecule has 2 rings (SSSR count). The third-order valence-electron chi connectivity index (χ3n) is 3.33. The fraction of sp³-hybridized carbons (Fsp3) is 0.316. The van der Waals surface area contributed by atoms with Gasteiger partial charge in [-0.05, 0) is 45.0 Å². The number of alkyl carbamates (subject to hydrolysis) is 1. The number of benzene rings is 2. The molecular weight excluding hydrogens is 423 g/mol. The van der Waals surface area contributed by atoms with Gasteiger partial charge in [0.05, 0.1) is 17.3 Å². The molecule has 0 aliphatic heterocycles. The molecule has 0 radical (unpaired) electrons. The highest BCUT2D eigenvalue weighted by molar-refractivity contribution is 7.92. The van der Waals surface area contributed by atoms with Crippen molar-refractivity contribution >= 4 is 33.4 Å². The lowest BCUT2D eigenvalue weighted by Crippen LogP contribution is -2.34. The second kappa shape index (κ2) is 9.32. The van der Waals surface area contributed by atoms with Crippen LogP contribution in [0.1, 0.15) is 20.8 Å². The molecule has 29 heavy (non-hydrogen) atoms. The van der Waals surface area contributed by atoms with E-state index in [9.17, 15) is 17.6 Å². The van der Waals surface area contributed by atoms with Gasteiger partial charge in [0.25, 0.3) is 10.0 Å². The van der Waals surface area contributed by atoms with Crippen LogP contribution >= 0.6 is 11.6 Å². The van der Waals surface area contributed by atoms with Crippen molar-refractivity contribution in [1.82, 2.24) is 5.32 Å². The van der Waals surface area contributed by atoms with E-state index in [-0.39, 0.29) is 23.9 Å². The number of carbonyl (C=O) groups excluding carboxylic acids is 1. The molecule has 10 heteroatoms. The van der Waals surface area contributed by atoms with Crippen LogP contribution in [0.5, 0.6) is 5.75 Å². The number of halogens is 2. The van der Waals surface area contributed by atoms with E-state index in [1.165, 1.54) is 24.3 Å². The third-order valence-corrected chi connectivity index (χ3v) is 5.02. The van der Waals surface area contributed by atoms with Crippen molar-refractivity contribution in [2.45, 2.75) is 31.3 Å². The van der Waals surface area contributed by atoms with E-state index in [1.54, 1.807) is 32.9 Å². The van der Waals surface area contributed by atoms with Crippen LogP contribution in [0.3, 0.4) is 0 Å². The Balaban J connectivity index is 1.96. The molecule has 0 unspecified atom stereocenters. The van der Waals surface area contributed by atoms with Gasteiger partial charge >= 0.3 is 6.09 Å². The second-order valence-electron chi connectivity index (χ2n) is 6.96. The van der Waals surface area contributed by atoms with Crippen LogP contribution in [-0.4, -0.2) is 33.3 Å². The normalized spacial score (nSPS) is 11.6. The highest BCUT2D eigenvalue weighted by atomic mass is 35.5. The van der Waals surface area contributed by atoms with Crippen molar-refractivity contribution < 1.29 is 27.1 Å². The number of nitrogens with one attached hydrogen (secondary N) is 2. The summed E-state index contributed by atoms with van der Waals surface area (Å²) >= 11 is 5.65. The van der Waals surface area contributed by atoms with Crippen molar-refractivity contribution in [2.75, 3.05) is 17.9 Å². The van der Waals surface area contributed by atoms with E-state index in [0.29, 0.717) is 5.75 Å². The molecular formula is C19H22ClFN2O5S. The molecule has 2 N–H and O–H groups in total. The summed E-state index contributed by atoms with van der Waals surface area (Å²) < 4.78 is 51.8. The number of sulfonamides is 1. The SMILES string of the molecule is CC(C)(C)OC(=O)NCCOc1cccc(NS(=O)(=O)c2cccc(Cl)c2F)c1. The number of carbonyl (C=O) groups is 1. The minimum Gasteiger partial charge on any atom is -0.492 e. The number of anilines is 1. The first-order chi connectivity index (χ1) is 13.5. The zero-order valence-corrected chi connectivity index (χ0v) is 17.7. The van der Waals surface area contributed by atoms with Crippen LogP contribution in [-0.2, 0) is 14.8 Å². The molecule has 0 atom stereocenters. The predicted octanol–water partition coefficient (Wildman–Crippen LogP) is 4.18. The molecule has 2 aromatic rings. The molecule has 0 aliphatic carbocycles. The van der Waals surface area contributed by atoms with Crippen molar-refractivity contribution in [1.29, 1.82) is 0 Å². The summed E-state index contributed by atoms with van der Waals surface area (Å²) in [4.78, 5) is 11.0. The van der Waals surface area contributed by atoms with E-state index < -0.39 is 32.4 Å². The molecule has 0 fully saturated rings. The molecule has 0 spiro atoms. The fourth-order valence-electron chi connectivity index (χ4n) is 2.19. The van der Waals surface area contributed by atoms with Gasteiger partial charge in [-0.2, -0.15) is 0 Å². The third kappa shape index (κ3) is 7.10. The lowest BCUT2D eigenvalue weighted by atomic mass is 10.2. The zero-order valence-electron chi connectivity index (χ0n) is 16.2. The Morgan fingerprint density at radius 2 is 1.86 bits per heavy atom. The maximum Gasteiger partial charge on any atom is 0.407 e. The van der Waals surface area contributed by atoms with Crippen LogP contribution < -0.4 is 14.8 Å². The van der Waals surface area contributed by atoms with Crippen LogP contribution in [0.25, 0.3) is 0 Å². The van der Waals surface area contributed by atoms with Crippen LogP contribution in [0, 0.1) is 5.82 Å². The lowest BCUT2D eigenvalue weighted by Gasteiger charge is -2.19. The summed E-state index contributed by atoms with van der Waals surface area (Å²) in [6, 6.07) is 9.84. The van der Waals surface area contributed by atoms with Crippen LogP contribution in [0.4, 0.5) is 14.9 Å². The predicted molar refractivity (Wildman–Crippen MR) is 108 cm³/mol. The van der Waals surface area contributed by atoms with E-state index in [4.69, 9.17) is 21.1 Å². The number of rotatable bonds is 7. The second-order valence-corrected chi connectivity index (χ2v) is 9.02. The molecule has 1 amide bonds. The Bertz CT molecular complexity index is 977. The largest absolute Gasteiger partial charge is 0.492 e. The van der Waals surface area contributed by atoms with Crippen molar-refractivity contribution in [3.8, 4) is 5.75 Å². The standard InChI is InChI=1S/C19H22ClFN2O5S/c1-19(2,3)28-18(24)22-10-11-27-14-7-4-6-13(12-14)23-29(25,26)16-9-5-8-15(20)17(16)21/h4-9,12,23H,10-11H2,1-3H3,(H,22,24). The molecule has 158 valence electrons. The molecule has 0 bridgehead atoms. The van der Waals surface area contributed by atoms with Gasteiger partial charge in [0.15, 0.2) is 5.82 Å². The summed E-state index contributed by atoms with van der Waals surface area (Å²) in [5.41, 5.74) is -0.416. The average molecular weight is 445 g/mol. The van der Waals surface area contributed by atoms with Gasteiger partial charge in [-0.25, -0.2) is 17.6 Å². The summed E-state index contributed by atoms with van der Waals surface area (Å²) in [5, 5.41) is 2.25. The topological polar surface area (TPSA) is 93.7 Å². The molecule has 0 aromatic heterocycles. The van der Waals surface area contributed by atoms with Crippen molar-refractivity contribution in [3.05, 3.63) is 53.3 Å². The number of hydrogen-bond donors (Lipinski definition) is 2. The van der Waals surface area contributed by atoms with Crippen molar-refractivity contribution in [3.63, 3.8) is 0 Å². The summed E-state index contributed by atoms with van der Waals surface area (Å²) in [6.07, 6.45) is -0.564. The maximum atomic E-state index is 14.0. The molecule has 0 aliphatic rings. The Kier molecular flexibility index (Phi) is 7.32. The van der Waals surface area contributed by atoms with E-state index >= 15 is 0 Å². The Morgan fingerprint density at radius 3 is 2.55 bits per heavy atom. The zero-order chi connectivity index (χ0) is 21.7. The van der Waals surface area contributed by atoms with Gasteiger partial charge in [0.1, 0.15) is 22.9 Å². The average Bonchev–Trinajstić information content (AvgIpc) is 2.59. The highest BCUT2D eigenvalue weighted by Gasteiger charge is 2.21. The number of hydrogen-bond acceptors (Lipinski definition) is 5. The molecule has 0 saturated heterocycles. The first-order valence-electron chi connectivity index (χ1n) is 8.64. The maximum absolute atomic E-state index is 14.0. The van der Waals surface area contributed by atoms with Gasteiger partial charge in [0, 0.05) is 6.07 Å². The minimum absolute atomic E-state index is 0.137. The number of amides is 1. The van der Waals surface area contributed by atoms with Gasteiger partial charge in [-0.1, -0.05) is 23.7 Å².